The molecule has 0 saturated carbocycles. The number of piperazine rings is 1. The Morgan fingerprint density at radius 2 is 1.60 bits per heavy atom. The highest BCUT2D eigenvalue weighted by Crippen LogP contribution is 2.26. The summed E-state index contributed by atoms with van der Waals surface area (Å²) in [6, 6.07) is 15.4. The summed E-state index contributed by atoms with van der Waals surface area (Å²) in [5.74, 6) is -0.161. The van der Waals surface area contributed by atoms with Crippen LogP contribution in [0.3, 0.4) is 0 Å². The number of halogens is 1. The Hall–Kier alpha value is -2.60. The lowest BCUT2D eigenvalue weighted by atomic mass is 10.0. The third-order valence-electron chi connectivity index (χ3n) is 5.74. The van der Waals surface area contributed by atoms with E-state index in [9.17, 15) is 9.18 Å². The van der Waals surface area contributed by atoms with Gasteiger partial charge < -0.3 is 15.1 Å². The topological polar surface area (TPSA) is 38.8 Å². The van der Waals surface area contributed by atoms with Crippen LogP contribution in [0.5, 0.6) is 0 Å². The molecular weight excluding hydrogens is 379 g/mol. The minimum atomic E-state index is -0.209. The van der Waals surface area contributed by atoms with Crippen molar-refractivity contribution in [1.82, 2.24) is 10.2 Å². The second kappa shape index (κ2) is 9.94. The zero-order valence-electron chi connectivity index (χ0n) is 18.4. The van der Waals surface area contributed by atoms with Crippen LogP contribution in [0.25, 0.3) is 0 Å². The monoisotopic (exact) mass is 412 g/mol. The standard InChI is InChI=1S/C24H33FN4O/c1-18(2)24(30)26-17-23(19-5-9-21(10-6-19)27(3)4)29-15-13-28(14-16-29)22-11-7-20(25)8-12-22/h5-12,18,23H,13-17H2,1-4H3,(H,26,30)/t23-/m1/s1. The maximum absolute atomic E-state index is 13.2. The molecule has 1 atom stereocenters. The number of carbonyl (C=O) groups excluding carboxylic acids is 1. The molecule has 1 N–H and O–H groups in total. The molecule has 3 rings (SSSR count). The van der Waals surface area contributed by atoms with Gasteiger partial charge in [-0.25, -0.2) is 4.39 Å². The molecule has 0 aliphatic carbocycles. The summed E-state index contributed by atoms with van der Waals surface area (Å²) in [7, 11) is 4.06. The summed E-state index contributed by atoms with van der Waals surface area (Å²) in [5, 5.41) is 3.12. The first kappa shape index (κ1) is 22.1. The smallest absolute Gasteiger partial charge is 0.222 e. The Labute approximate surface area is 179 Å². The highest BCUT2D eigenvalue weighted by molar-refractivity contribution is 5.77. The van der Waals surface area contributed by atoms with Crippen LogP contribution in [0.1, 0.15) is 25.5 Å². The van der Waals surface area contributed by atoms with Crippen molar-refractivity contribution in [3.8, 4) is 0 Å². The maximum Gasteiger partial charge on any atom is 0.222 e. The molecule has 6 heteroatoms. The van der Waals surface area contributed by atoms with E-state index in [1.54, 1.807) is 0 Å². The molecule has 1 aliphatic heterocycles. The summed E-state index contributed by atoms with van der Waals surface area (Å²) >= 11 is 0. The average Bonchev–Trinajstić information content (AvgIpc) is 2.75. The zero-order chi connectivity index (χ0) is 21.7. The van der Waals surface area contributed by atoms with Gasteiger partial charge in [-0.2, -0.15) is 0 Å². The Morgan fingerprint density at radius 1 is 1.00 bits per heavy atom. The van der Waals surface area contributed by atoms with Gasteiger partial charge in [0, 0.05) is 64.1 Å². The molecule has 1 heterocycles. The predicted molar refractivity (Wildman–Crippen MR) is 122 cm³/mol. The van der Waals surface area contributed by atoms with Gasteiger partial charge in [0.15, 0.2) is 0 Å². The lowest BCUT2D eigenvalue weighted by molar-refractivity contribution is -0.124. The van der Waals surface area contributed by atoms with E-state index in [4.69, 9.17) is 0 Å². The molecule has 0 aromatic heterocycles. The van der Waals surface area contributed by atoms with Gasteiger partial charge in [-0.3, -0.25) is 9.69 Å². The van der Waals surface area contributed by atoms with Crippen molar-refractivity contribution < 1.29 is 9.18 Å². The van der Waals surface area contributed by atoms with E-state index in [0.717, 1.165) is 37.6 Å². The first-order valence-electron chi connectivity index (χ1n) is 10.6. The van der Waals surface area contributed by atoms with E-state index in [0.29, 0.717) is 6.54 Å². The Bertz CT molecular complexity index is 812. The average molecular weight is 413 g/mol. The number of anilines is 2. The van der Waals surface area contributed by atoms with Crippen LogP contribution < -0.4 is 15.1 Å². The number of rotatable bonds is 7. The van der Waals surface area contributed by atoms with Gasteiger partial charge >= 0.3 is 0 Å². The normalized spacial score (nSPS) is 15.9. The summed E-state index contributed by atoms with van der Waals surface area (Å²) in [5.41, 5.74) is 3.42. The molecule has 0 unspecified atom stereocenters. The molecule has 1 aliphatic rings. The Morgan fingerprint density at radius 3 is 2.13 bits per heavy atom. The van der Waals surface area contributed by atoms with Crippen LogP contribution >= 0.6 is 0 Å². The van der Waals surface area contributed by atoms with Crippen LogP contribution in [0.4, 0.5) is 15.8 Å². The van der Waals surface area contributed by atoms with Crippen LogP contribution in [-0.2, 0) is 4.79 Å². The fourth-order valence-electron chi connectivity index (χ4n) is 3.80. The van der Waals surface area contributed by atoms with E-state index >= 15 is 0 Å². The van der Waals surface area contributed by atoms with E-state index in [2.05, 4.69) is 44.3 Å². The van der Waals surface area contributed by atoms with E-state index in [1.807, 2.05) is 40.1 Å². The van der Waals surface area contributed by atoms with Crippen molar-refractivity contribution in [3.05, 3.63) is 59.9 Å². The second-order valence-corrected chi connectivity index (χ2v) is 8.40. The zero-order valence-corrected chi connectivity index (χ0v) is 18.4. The van der Waals surface area contributed by atoms with Gasteiger partial charge in [-0.1, -0.05) is 26.0 Å². The van der Waals surface area contributed by atoms with Gasteiger partial charge in [0.25, 0.3) is 0 Å². The third-order valence-corrected chi connectivity index (χ3v) is 5.74. The van der Waals surface area contributed by atoms with Crippen molar-refractivity contribution in [2.75, 3.05) is 56.6 Å². The molecule has 162 valence electrons. The quantitative estimate of drug-likeness (QED) is 0.755. The molecule has 1 fully saturated rings. The molecule has 0 spiro atoms. The molecule has 5 nitrogen and oxygen atoms in total. The van der Waals surface area contributed by atoms with E-state index < -0.39 is 0 Å². The van der Waals surface area contributed by atoms with Crippen molar-refractivity contribution in [1.29, 1.82) is 0 Å². The minimum Gasteiger partial charge on any atom is -0.378 e. The molecule has 2 aromatic rings. The highest BCUT2D eigenvalue weighted by atomic mass is 19.1. The number of carbonyl (C=O) groups is 1. The third kappa shape index (κ3) is 5.51. The van der Waals surface area contributed by atoms with Gasteiger partial charge in [0.05, 0.1) is 6.04 Å². The second-order valence-electron chi connectivity index (χ2n) is 8.40. The van der Waals surface area contributed by atoms with Gasteiger partial charge in [0.2, 0.25) is 5.91 Å². The Balaban J connectivity index is 1.71. The number of hydrogen-bond acceptors (Lipinski definition) is 4. The summed E-state index contributed by atoms with van der Waals surface area (Å²) < 4.78 is 13.2. The number of nitrogens with one attached hydrogen (secondary N) is 1. The first-order chi connectivity index (χ1) is 14.3. The van der Waals surface area contributed by atoms with E-state index in [-0.39, 0.29) is 23.7 Å². The summed E-state index contributed by atoms with van der Waals surface area (Å²) in [4.78, 5) is 19.0. The molecule has 1 amide bonds. The van der Waals surface area contributed by atoms with Gasteiger partial charge in [0.1, 0.15) is 5.82 Å². The fraction of sp³-hybridized carbons (Fsp3) is 0.458. The van der Waals surface area contributed by atoms with Crippen LogP contribution in [0.15, 0.2) is 48.5 Å². The number of benzene rings is 2. The molecular formula is C24H33FN4O. The Kier molecular flexibility index (Phi) is 7.32. The largest absolute Gasteiger partial charge is 0.378 e. The summed E-state index contributed by atoms with van der Waals surface area (Å²) in [6.45, 7) is 7.93. The van der Waals surface area contributed by atoms with Crippen LogP contribution in [0, 0.1) is 11.7 Å². The number of hydrogen-bond donors (Lipinski definition) is 1. The molecule has 0 radical (unpaired) electrons. The van der Waals surface area contributed by atoms with Gasteiger partial charge in [-0.05, 0) is 42.0 Å². The van der Waals surface area contributed by atoms with Crippen molar-refractivity contribution in [2.45, 2.75) is 19.9 Å². The number of nitrogens with zero attached hydrogens (tertiary/aromatic N) is 3. The molecule has 0 bridgehead atoms. The minimum absolute atomic E-state index is 0.0305. The predicted octanol–water partition coefficient (Wildman–Crippen LogP) is 3.53. The number of amides is 1. The van der Waals surface area contributed by atoms with Crippen LogP contribution in [-0.4, -0.2) is 57.6 Å². The van der Waals surface area contributed by atoms with Crippen molar-refractivity contribution in [2.24, 2.45) is 5.92 Å². The molecule has 2 aromatic carbocycles. The molecule has 30 heavy (non-hydrogen) atoms. The van der Waals surface area contributed by atoms with Crippen molar-refractivity contribution in [3.63, 3.8) is 0 Å². The fourth-order valence-corrected chi connectivity index (χ4v) is 3.80. The first-order valence-corrected chi connectivity index (χ1v) is 10.6. The van der Waals surface area contributed by atoms with Gasteiger partial charge in [-0.15, -0.1) is 0 Å². The molecule has 1 saturated heterocycles. The summed E-state index contributed by atoms with van der Waals surface area (Å²) in [6.07, 6.45) is 0. The maximum atomic E-state index is 13.2. The lowest BCUT2D eigenvalue weighted by Crippen LogP contribution is -2.50. The highest BCUT2D eigenvalue weighted by Gasteiger charge is 2.26. The SMILES string of the molecule is CC(C)C(=O)NC[C@H](c1ccc(N(C)C)cc1)N1CCN(c2ccc(F)cc2)CC1. The lowest BCUT2D eigenvalue weighted by Gasteiger charge is -2.40. The van der Waals surface area contributed by atoms with Crippen molar-refractivity contribution >= 4 is 17.3 Å². The van der Waals surface area contributed by atoms with E-state index in [1.165, 1.54) is 17.7 Å². The van der Waals surface area contributed by atoms with Crippen LogP contribution in [0.2, 0.25) is 0 Å².